The van der Waals surface area contributed by atoms with Crippen molar-refractivity contribution >= 4 is 17.5 Å². The smallest absolute Gasteiger partial charge is 0.253 e. The number of nitrogens with zero attached hydrogens (tertiary/aromatic N) is 5. The lowest BCUT2D eigenvalue weighted by Crippen LogP contribution is -2.31. The zero-order chi connectivity index (χ0) is 21.3. The second-order valence-electron chi connectivity index (χ2n) is 7.92. The summed E-state index contributed by atoms with van der Waals surface area (Å²) in [6.07, 6.45) is 4.42. The summed E-state index contributed by atoms with van der Waals surface area (Å²) in [5.74, 6) is 1.46. The Morgan fingerprint density at radius 2 is 1.97 bits per heavy atom. The third kappa shape index (κ3) is 4.04. The van der Waals surface area contributed by atoms with E-state index in [2.05, 4.69) is 38.7 Å². The molecule has 1 aliphatic heterocycles. The van der Waals surface area contributed by atoms with E-state index in [1.807, 2.05) is 43.5 Å². The van der Waals surface area contributed by atoms with Crippen molar-refractivity contribution in [3.05, 3.63) is 54.1 Å². The second-order valence-corrected chi connectivity index (χ2v) is 7.92. The Balaban J connectivity index is 1.50. The molecule has 156 valence electrons. The number of likely N-dealkylation sites (tertiary alicyclic amines) is 1. The molecule has 1 aromatic carbocycles. The molecule has 3 aromatic rings. The third-order valence-electron chi connectivity index (χ3n) is 5.32. The maximum Gasteiger partial charge on any atom is 0.253 e. The molecule has 0 unspecified atom stereocenters. The zero-order valence-electron chi connectivity index (χ0n) is 17.5. The monoisotopic (exact) mass is 405 g/mol. The van der Waals surface area contributed by atoms with E-state index < -0.39 is 0 Å². The molecule has 1 amide bonds. The molecule has 4 rings (SSSR count). The van der Waals surface area contributed by atoms with E-state index in [4.69, 9.17) is 5.73 Å². The molecule has 0 saturated carbocycles. The van der Waals surface area contributed by atoms with Gasteiger partial charge in [-0.1, -0.05) is 0 Å². The number of imidazole rings is 1. The van der Waals surface area contributed by atoms with Gasteiger partial charge in [0.2, 0.25) is 5.95 Å². The minimum atomic E-state index is 0.0186. The molecule has 0 radical (unpaired) electrons. The van der Waals surface area contributed by atoms with E-state index in [1.54, 1.807) is 11.1 Å². The molecule has 3 N–H and O–H groups in total. The van der Waals surface area contributed by atoms with Gasteiger partial charge in [-0.3, -0.25) is 4.79 Å². The van der Waals surface area contributed by atoms with Gasteiger partial charge in [0, 0.05) is 42.6 Å². The van der Waals surface area contributed by atoms with E-state index >= 15 is 0 Å². The standard InChI is InChI=1S/C22H27N7O/c1-14(2)29-15(3)25-12-20(29)19-8-10-24-22(27-19)26-18-6-4-16(5-7-18)21(30)28-11-9-17(23)13-28/h4-8,10,12,14,17H,9,11,13,23H2,1-3H3,(H,24,26,27)/t17-/m1/s1. The molecule has 3 heterocycles. The maximum absolute atomic E-state index is 12.6. The van der Waals surface area contributed by atoms with E-state index in [0.29, 0.717) is 24.6 Å². The molecule has 1 aliphatic rings. The lowest BCUT2D eigenvalue weighted by atomic mass is 10.2. The summed E-state index contributed by atoms with van der Waals surface area (Å²) in [6, 6.07) is 9.59. The summed E-state index contributed by atoms with van der Waals surface area (Å²) in [4.78, 5) is 27.8. The summed E-state index contributed by atoms with van der Waals surface area (Å²) in [7, 11) is 0. The van der Waals surface area contributed by atoms with E-state index in [0.717, 1.165) is 29.3 Å². The molecular weight excluding hydrogens is 378 g/mol. The van der Waals surface area contributed by atoms with Gasteiger partial charge in [-0.05, 0) is 57.5 Å². The van der Waals surface area contributed by atoms with Crippen LogP contribution in [0.15, 0.2) is 42.7 Å². The first kappa shape index (κ1) is 20.0. The normalized spacial score (nSPS) is 16.3. The van der Waals surface area contributed by atoms with Crippen molar-refractivity contribution in [1.29, 1.82) is 0 Å². The first-order chi connectivity index (χ1) is 14.4. The zero-order valence-corrected chi connectivity index (χ0v) is 17.5. The van der Waals surface area contributed by atoms with Gasteiger partial charge in [-0.2, -0.15) is 0 Å². The van der Waals surface area contributed by atoms with Crippen molar-refractivity contribution in [3.8, 4) is 11.4 Å². The molecule has 2 aromatic heterocycles. The number of nitrogens with two attached hydrogens (primary N) is 1. The average molecular weight is 406 g/mol. The number of benzene rings is 1. The van der Waals surface area contributed by atoms with Crippen molar-refractivity contribution in [1.82, 2.24) is 24.4 Å². The Hall–Kier alpha value is -3.26. The highest BCUT2D eigenvalue weighted by molar-refractivity contribution is 5.94. The van der Waals surface area contributed by atoms with Gasteiger partial charge >= 0.3 is 0 Å². The van der Waals surface area contributed by atoms with Crippen molar-refractivity contribution in [2.45, 2.75) is 39.3 Å². The molecule has 30 heavy (non-hydrogen) atoms. The fourth-order valence-corrected chi connectivity index (χ4v) is 3.84. The number of aryl methyl sites for hydroxylation is 1. The van der Waals surface area contributed by atoms with Crippen LogP contribution in [0.3, 0.4) is 0 Å². The lowest BCUT2D eigenvalue weighted by Gasteiger charge is -2.16. The summed E-state index contributed by atoms with van der Waals surface area (Å²) in [5.41, 5.74) is 9.14. The summed E-state index contributed by atoms with van der Waals surface area (Å²) in [6.45, 7) is 7.57. The number of hydrogen-bond acceptors (Lipinski definition) is 6. The largest absolute Gasteiger partial charge is 0.337 e. The number of rotatable bonds is 5. The number of nitrogens with one attached hydrogen (secondary N) is 1. The van der Waals surface area contributed by atoms with Gasteiger partial charge in [0.1, 0.15) is 5.82 Å². The molecule has 1 atom stereocenters. The van der Waals surface area contributed by atoms with Crippen LogP contribution in [0.2, 0.25) is 0 Å². The van der Waals surface area contributed by atoms with Gasteiger partial charge < -0.3 is 20.5 Å². The Bertz CT molecular complexity index is 1040. The molecule has 1 fully saturated rings. The Kier molecular flexibility index (Phi) is 5.50. The number of carbonyl (C=O) groups is 1. The Morgan fingerprint density at radius 3 is 2.63 bits per heavy atom. The van der Waals surface area contributed by atoms with Crippen LogP contribution in [0.4, 0.5) is 11.6 Å². The van der Waals surface area contributed by atoms with Crippen molar-refractivity contribution in [3.63, 3.8) is 0 Å². The van der Waals surface area contributed by atoms with E-state index in [9.17, 15) is 4.79 Å². The topological polar surface area (TPSA) is 102 Å². The van der Waals surface area contributed by atoms with Crippen molar-refractivity contribution < 1.29 is 4.79 Å². The maximum atomic E-state index is 12.6. The van der Waals surface area contributed by atoms with Gasteiger partial charge in [0.15, 0.2) is 0 Å². The minimum absolute atomic E-state index is 0.0186. The summed E-state index contributed by atoms with van der Waals surface area (Å²) in [5, 5.41) is 3.22. The van der Waals surface area contributed by atoms with Gasteiger partial charge in [0.25, 0.3) is 5.91 Å². The predicted octanol–water partition coefficient (Wildman–Crippen LogP) is 3.15. The Labute approximate surface area is 176 Å². The molecule has 1 saturated heterocycles. The average Bonchev–Trinajstić information content (AvgIpc) is 3.34. The minimum Gasteiger partial charge on any atom is -0.337 e. The lowest BCUT2D eigenvalue weighted by molar-refractivity contribution is 0.0791. The first-order valence-electron chi connectivity index (χ1n) is 10.2. The van der Waals surface area contributed by atoms with Gasteiger partial charge in [-0.15, -0.1) is 0 Å². The van der Waals surface area contributed by atoms with Crippen LogP contribution >= 0.6 is 0 Å². The number of hydrogen-bond donors (Lipinski definition) is 2. The van der Waals surface area contributed by atoms with Crippen LogP contribution in [0.25, 0.3) is 11.4 Å². The quantitative estimate of drug-likeness (QED) is 0.676. The summed E-state index contributed by atoms with van der Waals surface area (Å²) >= 11 is 0. The molecule has 8 nitrogen and oxygen atoms in total. The molecule has 0 bridgehead atoms. The van der Waals surface area contributed by atoms with Crippen LogP contribution in [0.1, 0.15) is 42.5 Å². The molecular formula is C22H27N7O. The molecule has 0 aliphatic carbocycles. The first-order valence-corrected chi connectivity index (χ1v) is 10.2. The summed E-state index contributed by atoms with van der Waals surface area (Å²) < 4.78 is 2.15. The highest BCUT2D eigenvalue weighted by Crippen LogP contribution is 2.24. The fourth-order valence-electron chi connectivity index (χ4n) is 3.84. The second kappa shape index (κ2) is 8.23. The highest BCUT2D eigenvalue weighted by atomic mass is 16.2. The van der Waals surface area contributed by atoms with Gasteiger partial charge in [0.05, 0.1) is 17.6 Å². The fraction of sp³-hybridized carbons (Fsp3) is 0.364. The molecule has 8 heteroatoms. The van der Waals surface area contributed by atoms with Crippen LogP contribution in [-0.4, -0.2) is 49.5 Å². The van der Waals surface area contributed by atoms with Crippen LogP contribution in [0, 0.1) is 6.92 Å². The molecule has 0 spiro atoms. The highest BCUT2D eigenvalue weighted by Gasteiger charge is 2.24. The van der Waals surface area contributed by atoms with Crippen LogP contribution in [-0.2, 0) is 0 Å². The number of aromatic nitrogens is 4. The predicted molar refractivity (Wildman–Crippen MR) is 117 cm³/mol. The van der Waals surface area contributed by atoms with E-state index in [-0.39, 0.29) is 18.0 Å². The van der Waals surface area contributed by atoms with Crippen molar-refractivity contribution in [2.24, 2.45) is 5.73 Å². The number of carbonyl (C=O) groups excluding carboxylic acids is 1. The third-order valence-corrected chi connectivity index (χ3v) is 5.32. The number of amides is 1. The number of anilines is 2. The van der Waals surface area contributed by atoms with Crippen molar-refractivity contribution in [2.75, 3.05) is 18.4 Å². The van der Waals surface area contributed by atoms with Gasteiger partial charge in [-0.25, -0.2) is 15.0 Å². The SMILES string of the molecule is Cc1ncc(-c2ccnc(Nc3ccc(C(=O)N4CC[C@@H](N)C4)cc3)n2)n1C(C)C. The van der Waals surface area contributed by atoms with Crippen LogP contribution in [0.5, 0.6) is 0 Å². The van der Waals surface area contributed by atoms with E-state index in [1.165, 1.54) is 0 Å². The van der Waals surface area contributed by atoms with Crippen LogP contribution < -0.4 is 11.1 Å². The Morgan fingerprint density at radius 1 is 1.20 bits per heavy atom.